The zero-order chi connectivity index (χ0) is 11.5. The first-order valence-electron chi connectivity index (χ1n) is 7.07. The molecule has 2 heteroatoms. The highest BCUT2D eigenvalue weighted by Crippen LogP contribution is 2.28. The molecule has 0 aromatic rings. The van der Waals surface area contributed by atoms with E-state index in [1.165, 1.54) is 45.3 Å². The lowest BCUT2D eigenvalue weighted by Crippen LogP contribution is -2.39. The van der Waals surface area contributed by atoms with E-state index >= 15 is 0 Å². The van der Waals surface area contributed by atoms with E-state index in [4.69, 9.17) is 0 Å². The first kappa shape index (κ1) is 12.4. The molecule has 2 aliphatic rings. The van der Waals surface area contributed by atoms with Crippen LogP contribution in [0.2, 0.25) is 0 Å². The van der Waals surface area contributed by atoms with Gasteiger partial charge < -0.3 is 10.2 Å². The molecule has 1 aliphatic heterocycles. The van der Waals surface area contributed by atoms with Gasteiger partial charge in [0.05, 0.1) is 0 Å². The summed E-state index contributed by atoms with van der Waals surface area (Å²) >= 11 is 0. The molecule has 0 spiro atoms. The third kappa shape index (κ3) is 2.98. The van der Waals surface area contributed by atoms with Crippen molar-refractivity contribution in [2.45, 2.75) is 45.6 Å². The van der Waals surface area contributed by atoms with Crippen molar-refractivity contribution in [3.05, 3.63) is 0 Å². The lowest BCUT2D eigenvalue weighted by Gasteiger charge is -2.36. The topological polar surface area (TPSA) is 15.3 Å². The second-order valence-corrected chi connectivity index (χ2v) is 6.26. The summed E-state index contributed by atoms with van der Waals surface area (Å²) in [6.45, 7) is 8.56. The van der Waals surface area contributed by atoms with E-state index in [0.29, 0.717) is 0 Å². The molecule has 2 fully saturated rings. The minimum atomic E-state index is 0.858. The van der Waals surface area contributed by atoms with E-state index in [-0.39, 0.29) is 0 Å². The fraction of sp³-hybridized carbons (Fsp3) is 1.00. The molecular formula is C14H28N2. The quantitative estimate of drug-likeness (QED) is 0.791. The van der Waals surface area contributed by atoms with Gasteiger partial charge in [-0.2, -0.15) is 0 Å². The fourth-order valence-corrected chi connectivity index (χ4v) is 3.43. The van der Waals surface area contributed by atoms with Crippen LogP contribution >= 0.6 is 0 Å². The molecule has 0 radical (unpaired) electrons. The molecule has 4 atom stereocenters. The number of nitrogens with one attached hydrogen (secondary N) is 1. The van der Waals surface area contributed by atoms with Crippen molar-refractivity contribution in [3.63, 3.8) is 0 Å². The van der Waals surface area contributed by atoms with Gasteiger partial charge in [-0.3, -0.25) is 0 Å². The Kier molecular flexibility index (Phi) is 4.26. The number of hydrogen-bond donors (Lipinski definition) is 1. The molecular weight excluding hydrogens is 196 g/mol. The maximum absolute atomic E-state index is 3.51. The van der Waals surface area contributed by atoms with Crippen LogP contribution in [0.15, 0.2) is 0 Å². The Morgan fingerprint density at radius 3 is 2.62 bits per heavy atom. The summed E-state index contributed by atoms with van der Waals surface area (Å²) in [5, 5.41) is 3.51. The first-order chi connectivity index (χ1) is 7.66. The first-order valence-corrected chi connectivity index (χ1v) is 7.07. The van der Waals surface area contributed by atoms with Crippen LogP contribution in [0.1, 0.15) is 39.5 Å². The van der Waals surface area contributed by atoms with Crippen LogP contribution in [0.5, 0.6) is 0 Å². The van der Waals surface area contributed by atoms with Gasteiger partial charge >= 0.3 is 0 Å². The molecule has 1 heterocycles. The molecule has 1 saturated carbocycles. The summed E-state index contributed by atoms with van der Waals surface area (Å²) in [5.74, 6) is 2.69. The molecule has 0 amide bonds. The third-order valence-electron chi connectivity index (χ3n) is 4.73. The van der Waals surface area contributed by atoms with Crippen LogP contribution in [0, 0.1) is 17.8 Å². The lowest BCUT2D eigenvalue weighted by molar-refractivity contribution is 0.139. The van der Waals surface area contributed by atoms with Gasteiger partial charge in [-0.15, -0.1) is 0 Å². The average molecular weight is 224 g/mol. The Morgan fingerprint density at radius 1 is 1.19 bits per heavy atom. The highest BCUT2D eigenvalue weighted by Gasteiger charge is 2.28. The Hall–Kier alpha value is -0.0800. The van der Waals surface area contributed by atoms with Crippen LogP contribution in [0.3, 0.4) is 0 Å². The number of nitrogens with zero attached hydrogens (tertiary/aromatic N) is 1. The van der Waals surface area contributed by atoms with Crippen LogP contribution in [-0.2, 0) is 0 Å². The largest absolute Gasteiger partial charge is 0.316 e. The minimum Gasteiger partial charge on any atom is -0.316 e. The smallest absolute Gasteiger partial charge is 0.00948 e. The molecule has 0 aromatic heterocycles. The second kappa shape index (κ2) is 5.50. The van der Waals surface area contributed by atoms with Gasteiger partial charge in [-0.25, -0.2) is 0 Å². The highest BCUT2D eigenvalue weighted by atomic mass is 15.1. The molecule has 2 nitrogen and oxygen atoms in total. The van der Waals surface area contributed by atoms with Crippen molar-refractivity contribution in [2.24, 2.45) is 17.8 Å². The van der Waals surface area contributed by atoms with Crippen molar-refractivity contribution in [1.82, 2.24) is 10.2 Å². The monoisotopic (exact) mass is 224 g/mol. The van der Waals surface area contributed by atoms with Crippen LogP contribution in [0.4, 0.5) is 0 Å². The minimum absolute atomic E-state index is 0.858. The average Bonchev–Trinajstić information content (AvgIpc) is 2.64. The molecule has 1 saturated heterocycles. The molecule has 1 aliphatic carbocycles. The standard InChI is InChI=1S/C14H28N2/c1-11-5-4-6-14(7-11)16(3)10-13-9-15-8-12(13)2/h11-15H,4-10H2,1-3H3/t11?,12-,13+,14?/m1/s1. The maximum Gasteiger partial charge on any atom is 0.00948 e. The van der Waals surface area contributed by atoms with Gasteiger partial charge in [0.25, 0.3) is 0 Å². The normalized spacial score (nSPS) is 40.5. The molecule has 0 bridgehead atoms. The summed E-state index contributed by atoms with van der Waals surface area (Å²) < 4.78 is 0. The zero-order valence-electron chi connectivity index (χ0n) is 11.2. The number of hydrogen-bond acceptors (Lipinski definition) is 2. The van der Waals surface area contributed by atoms with Gasteiger partial charge in [-0.1, -0.05) is 26.7 Å². The summed E-state index contributed by atoms with van der Waals surface area (Å²) in [5.41, 5.74) is 0. The Morgan fingerprint density at radius 2 is 2.00 bits per heavy atom. The SMILES string of the molecule is CC1CCCC(N(C)C[C@@H]2CNC[C@H]2C)C1. The van der Waals surface area contributed by atoms with Crippen LogP contribution in [0.25, 0.3) is 0 Å². The molecule has 2 rings (SSSR count). The van der Waals surface area contributed by atoms with Crippen molar-refractivity contribution < 1.29 is 0 Å². The van der Waals surface area contributed by atoms with E-state index in [1.54, 1.807) is 0 Å². The van der Waals surface area contributed by atoms with Crippen molar-refractivity contribution >= 4 is 0 Å². The highest BCUT2D eigenvalue weighted by molar-refractivity contribution is 4.83. The van der Waals surface area contributed by atoms with Gasteiger partial charge in [0.1, 0.15) is 0 Å². The summed E-state index contributed by atoms with van der Waals surface area (Å²) in [6, 6.07) is 0.858. The molecule has 2 unspecified atom stereocenters. The van der Waals surface area contributed by atoms with E-state index < -0.39 is 0 Å². The van der Waals surface area contributed by atoms with E-state index in [1.807, 2.05) is 0 Å². The van der Waals surface area contributed by atoms with Crippen LogP contribution < -0.4 is 5.32 Å². The Bertz CT molecular complexity index is 217. The Labute approximate surface area is 101 Å². The molecule has 1 N–H and O–H groups in total. The van der Waals surface area contributed by atoms with Gasteiger partial charge in [0, 0.05) is 12.6 Å². The van der Waals surface area contributed by atoms with Gasteiger partial charge in [-0.05, 0) is 50.7 Å². The zero-order valence-corrected chi connectivity index (χ0v) is 11.2. The summed E-state index contributed by atoms with van der Waals surface area (Å²) in [6.07, 6.45) is 5.74. The fourth-order valence-electron chi connectivity index (χ4n) is 3.43. The predicted molar refractivity (Wildman–Crippen MR) is 69.6 cm³/mol. The van der Waals surface area contributed by atoms with Gasteiger partial charge in [0.2, 0.25) is 0 Å². The Balaban J connectivity index is 1.80. The third-order valence-corrected chi connectivity index (χ3v) is 4.73. The van der Waals surface area contributed by atoms with E-state index in [9.17, 15) is 0 Å². The second-order valence-electron chi connectivity index (χ2n) is 6.26. The summed E-state index contributed by atoms with van der Waals surface area (Å²) in [7, 11) is 2.34. The molecule has 94 valence electrons. The lowest BCUT2D eigenvalue weighted by atomic mass is 9.85. The van der Waals surface area contributed by atoms with Crippen molar-refractivity contribution in [2.75, 3.05) is 26.7 Å². The predicted octanol–water partition coefficient (Wildman–Crippen LogP) is 2.35. The van der Waals surface area contributed by atoms with Crippen LogP contribution in [-0.4, -0.2) is 37.6 Å². The van der Waals surface area contributed by atoms with Crippen molar-refractivity contribution in [3.8, 4) is 0 Å². The molecule has 16 heavy (non-hydrogen) atoms. The number of rotatable bonds is 3. The summed E-state index contributed by atoms with van der Waals surface area (Å²) in [4.78, 5) is 2.64. The van der Waals surface area contributed by atoms with E-state index in [0.717, 1.165) is 23.8 Å². The van der Waals surface area contributed by atoms with Gasteiger partial charge in [0.15, 0.2) is 0 Å². The molecule has 0 aromatic carbocycles. The van der Waals surface area contributed by atoms with Crippen molar-refractivity contribution in [1.29, 1.82) is 0 Å². The van der Waals surface area contributed by atoms with E-state index in [2.05, 4.69) is 31.1 Å². The maximum atomic E-state index is 3.51.